The molecule has 0 saturated carbocycles. The van der Waals surface area contributed by atoms with Gasteiger partial charge in [-0.2, -0.15) is 0 Å². The van der Waals surface area contributed by atoms with Crippen molar-refractivity contribution in [2.24, 2.45) is 10.9 Å². The third kappa shape index (κ3) is 7.34. The van der Waals surface area contributed by atoms with Crippen LogP contribution in [0.1, 0.15) is 39.0 Å². The smallest absolute Gasteiger partial charge is 0.305 e. The SMILES string of the molecule is CCOC(=O)CCCNC(=NC)N1CCC(CC(=O)NC)CC1. The van der Waals surface area contributed by atoms with Gasteiger partial charge in [0.15, 0.2) is 5.96 Å². The fourth-order valence-corrected chi connectivity index (χ4v) is 2.71. The number of rotatable bonds is 7. The molecule has 1 fully saturated rings. The Bertz CT molecular complexity index is 404. The Morgan fingerprint density at radius 2 is 2.00 bits per heavy atom. The molecule has 0 aliphatic carbocycles. The zero-order valence-electron chi connectivity index (χ0n) is 14.6. The van der Waals surface area contributed by atoms with Crippen LogP contribution in [-0.2, 0) is 14.3 Å². The molecule has 7 heteroatoms. The van der Waals surface area contributed by atoms with E-state index in [0.29, 0.717) is 31.9 Å². The maximum atomic E-state index is 11.4. The van der Waals surface area contributed by atoms with E-state index in [1.165, 1.54) is 0 Å². The number of aliphatic imine (C=N–C) groups is 1. The molecule has 7 nitrogen and oxygen atoms in total. The highest BCUT2D eigenvalue weighted by molar-refractivity contribution is 5.80. The number of hydrogen-bond acceptors (Lipinski definition) is 4. The van der Waals surface area contributed by atoms with Crippen molar-refractivity contribution in [1.82, 2.24) is 15.5 Å². The van der Waals surface area contributed by atoms with Gasteiger partial charge in [-0.3, -0.25) is 14.6 Å². The number of nitrogens with one attached hydrogen (secondary N) is 2. The molecule has 2 N–H and O–H groups in total. The van der Waals surface area contributed by atoms with E-state index in [9.17, 15) is 9.59 Å². The third-order valence-corrected chi connectivity index (χ3v) is 4.02. The zero-order chi connectivity index (χ0) is 17.1. The number of guanidine groups is 1. The molecule has 0 bridgehead atoms. The summed E-state index contributed by atoms with van der Waals surface area (Å²) < 4.78 is 4.90. The van der Waals surface area contributed by atoms with Crippen molar-refractivity contribution in [2.75, 3.05) is 40.3 Å². The Balaban J connectivity index is 2.26. The molecule has 0 atom stereocenters. The fraction of sp³-hybridized carbons (Fsp3) is 0.812. The number of piperidine rings is 1. The summed E-state index contributed by atoms with van der Waals surface area (Å²) in [7, 11) is 3.45. The van der Waals surface area contributed by atoms with E-state index >= 15 is 0 Å². The van der Waals surface area contributed by atoms with Crippen LogP contribution in [0.5, 0.6) is 0 Å². The minimum atomic E-state index is -0.153. The Hall–Kier alpha value is -1.79. The molecular formula is C16H30N4O3. The van der Waals surface area contributed by atoms with Crippen LogP contribution in [-0.4, -0.2) is 63.1 Å². The second-order valence-electron chi connectivity index (χ2n) is 5.69. The molecule has 0 aromatic carbocycles. The second kappa shape index (κ2) is 10.9. The maximum absolute atomic E-state index is 11.4. The van der Waals surface area contributed by atoms with Crippen molar-refractivity contribution in [2.45, 2.75) is 39.0 Å². The Kier molecular flexibility index (Phi) is 9.09. The van der Waals surface area contributed by atoms with Crippen LogP contribution in [0.3, 0.4) is 0 Å². The third-order valence-electron chi connectivity index (χ3n) is 4.02. The lowest BCUT2D eigenvalue weighted by Crippen LogP contribution is -2.46. The first kappa shape index (κ1) is 19.3. The van der Waals surface area contributed by atoms with Gasteiger partial charge in [0.05, 0.1) is 6.61 Å². The van der Waals surface area contributed by atoms with Gasteiger partial charge in [-0.25, -0.2) is 0 Å². The minimum absolute atomic E-state index is 0.116. The van der Waals surface area contributed by atoms with Crippen LogP contribution in [0.4, 0.5) is 0 Å². The topological polar surface area (TPSA) is 83.0 Å². The minimum Gasteiger partial charge on any atom is -0.466 e. The highest BCUT2D eigenvalue weighted by Gasteiger charge is 2.22. The standard InChI is InChI=1S/C16H30N4O3/c1-4-23-15(22)6-5-9-19-16(18-3)20-10-7-13(8-11-20)12-14(21)17-2/h13H,4-12H2,1-3H3,(H,17,21)(H,18,19). The molecule has 1 aliphatic rings. The van der Waals surface area contributed by atoms with Gasteiger partial charge in [0.2, 0.25) is 5.91 Å². The Labute approximate surface area is 138 Å². The zero-order valence-corrected chi connectivity index (χ0v) is 14.6. The first-order valence-corrected chi connectivity index (χ1v) is 8.42. The number of carbonyl (C=O) groups is 2. The van der Waals surface area contributed by atoms with Crippen molar-refractivity contribution >= 4 is 17.8 Å². The number of ether oxygens (including phenoxy) is 1. The Morgan fingerprint density at radius 3 is 2.57 bits per heavy atom. The average Bonchev–Trinajstić information content (AvgIpc) is 2.56. The summed E-state index contributed by atoms with van der Waals surface area (Å²) in [5.74, 6) is 1.28. The predicted octanol–water partition coefficient (Wildman–Crippen LogP) is 0.753. The van der Waals surface area contributed by atoms with Gasteiger partial charge in [0.25, 0.3) is 0 Å². The number of likely N-dealkylation sites (tertiary alicyclic amines) is 1. The number of amides is 1. The molecule has 0 spiro atoms. The van der Waals surface area contributed by atoms with Crippen molar-refractivity contribution in [1.29, 1.82) is 0 Å². The van der Waals surface area contributed by atoms with Gasteiger partial charge < -0.3 is 20.3 Å². The van der Waals surface area contributed by atoms with Crippen LogP contribution in [0, 0.1) is 5.92 Å². The highest BCUT2D eigenvalue weighted by atomic mass is 16.5. The molecule has 1 heterocycles. The summed E-state index contributed by atoms with van der Waals surface area (Å²) in [6, 6.07) is 0. The van der Waals surface area contributed by atoms with Crippen LogP contribution >= 0.6 is 0 Å². The summed E-state index contributed by atoms with van der Waals surface area (Å²) in [6.07, 6.45) is 3.75. The molecule has 23 heavy (non-hydrogen) atoms. The van der Waals surface area contributed by atoms with E-state index in [0.717, 1.165) is 38.3 Å². The van der Waals surface area contributed by atoms with Gasteiger partial charge in [0, 0.05) is 46.6 Å². The number of carbonyl (C=O) groups excluding carboxylic acids is 2. The van der Waals surface area contributed by atoms with E-state index in [-0.39, 0.29) is 11.9 Å². The van der Waals surface area contributed by atoms with Gasteiger partial charge in [-0.05, 0) is 32.1 Å². The molecule has 0 radical (unpaired) electrons. The van der Waals surface area contributed by atoms with E-state index in [4.69, 9.17) is 4.74 Å². The summed E-state index contributed by atoms with van der Waals surface area (Å²) >= 11 is 0. The molecule has 0 aromatic heterocycles. The maximum Gasteiger partial charge on any atom is 0.305 e. The van der Waals surface area contributed by atoms with Crippen LogP contribution in [0.25, 0.3) is 0 Å². The van der Waals surface area contributed by atoms with E-state index in [2.05, 4.69) is 20.5 Å². The molecule has 0 aromatic rings. The van der Waals surface area contributed by atoms with Crippen LogP contribution in [0.15, 0.2) is 4.99 Å². The summed E-state index contributed by atoms with van der Waals surface area (Å²) in [5.41, 5.74) is 0. The summed E-state index contributed by atoms with van der Waals surface area (Å²) in [6.45, 7) is 4.74. The lowest BCUT2D eigenvalue weighted by Gasteiger charge is -2.34. The molecule has 132 valence electrons. The quantitative estimate of drug-likeness (QED) is 0.312. The number of hydrogen-bond donors (Lipinski definition) is 2. The number of nitrogens with zero attached hydrogens (tertiary/aromatic N) is 2. The molecule has 1 saturated heterocycles. The average molecular weight is 326 g/mol. The highest BCUT2D eigenvalue weighted by Crippen LogP contribution is 2.20. The van der Waals surface area contributed by atoms with Gasteiger partial charge in [-0.15, -0.1) is 0 Å². The van der Waals surface area contributed by atoms with Crippen LogP contribution in [0.2, 0.25) is 0 Å². The molecular weight excluding hydrogens is 296 g/mol. The summed E-state index contributed by atoms with van der Waals surface area (Å²) in [4.78, 5) is 29.2. The van der Waals surface area contributed by atoms with Gasteiger partial charge in [0.1, 0.15) is 0 Å². The summed E-state index contributed by atoms with van der Waals surface area (Å²) in [5, 5.41) is 5.98. The van der Waals surface area contributed by atoms with Gasteiger partial charge >= 0.3 is 5.97 Å². The molecule has 1 rings (SSSR count). The Morgan fingerprint density at radius 1 is 1.30 bits per heavy atom. The van der Waals surface area contributed by atoms with Crippen molar-refractivity contribution in [3.63, 3.8) is 0 Å². The van der Waals surface area contributed by atoms with Gasteiger partial charge in [-0.1, -0.05) is 0 Å². The molecule has 1 amide bonds. The first-order valence-electron chi connectivity index (χ1n) is 8.42. The fourth-order valence-electron chi connectivity index (χ4n) is 2.71. The number of esters is 1. The van der Waals surface area contributed by atoms with E-state index < -0.39 is 0 Å². The van der Waals surface area contributed by atoms with E-state index in [1.54, 1.807) is 14.1 Å². The molecule has 1 aliphatic heterocycles. The normalized spacial score (nSPS) is 16.1. The monoisotopic (exact) mass is 326 g/mol. The van der Waals surface area contributed by atoms with E-state index in [1.807, 2.05) is 6.92 Å². The predicted molar refractivity (Wildman–Crippen MR) is 90.2 cm³/mol. The lowest BCUT2D eigenvalue weighted by atomic mass is 9.93. The second-order valence-corrected chi connectivity index (χ2v) is 5.69. The van der Waals surface area contributed by atoms with Crippen molar-refractivity contribution in [3.05, 3.63) is 0 Å². The lowest BCUT2D eigenvalue weighted by molar-refractivity contribution is -0.143. The van der Waals surface area contributed by atoms with Crippen molar-refractivity contribution < 1.29 is 14.3 Å². The first-order chi connectivity index (χ1) is 11.1. The largest absolute Gasteiger partial charge is 0.466 e. The van der Waals surface area contributed by atoms with Crippen molar-refractivity contribution in [3.8, 4) is 0 Å². The molecule has 0 unspecified atom stereocenters. The van der Waals surface area contributed by atoms with Crippen LogP contribution < -0.4 is 10.6 Å².